The lowest BCUT2D eigenvalue weighted by Gasteiger charge is -2.01. The number of hydrogen-bond donors (Lipinski definition) is 1. The van der Waals surface area contributed by atoms with Gasteiger partial charge in [-0.25, -0.2) is 0 Å². The van der Waals surface area contributed by atoms with Gasteiger partial charge in [0, 0.05) is 11.8 Å². The smallest absolute Gasteiger partial charge is 0.157 e. The SMILES string of the molecule is COc1ccc(Cc2cc3cccc(N)c3o2)cc1. The molecule has 3 nitrogen and oxygen atoms in total. The number of para-hydroxylation sites is 1. The van der Waals surface area contributed by atoms with Crippen LogP contribution in [0.25, 0.3) is 11.0 Å². The van der Waals surface area contributed by atoms with E-state index in [0.29, 0.717) is 5.69 Å². The number of rotatable bonds is 3. The molecule has 2 N–H and O–H groups in total. The molecule has 0 fully saturated rings. The fourth-order valence-corrected chi connectivity index (χ4v) is 2.17. The zero-order chi connectivity index (χ0) is 13.2. The van der Waals surface area contributed by atoms with E-state index in [-0.39, 0.29) is 0 Å². The third-order valence-corrected chi connectivity index (χ3v) is 3.16. The highest BCUT2D eigenvalue weighted by molar-refractivity contribution is 5.88. The van der Waals surface area contributed by atoms with Crippen LogP contribution in [0, 0.1) is 0 Å². The van der Waals surface area contributed by atoms with Crippen molar-refractivity contribution < 1.29 is 9.15 Å². The maximum atomic E-state index is 5.89. The summed E-state index contributed by atoms with van der Waals surface area (Å²) >= 11 is 0. The van der Waals surface area contributed by atoms with Gasteiger partial charge in [-0.2, -0.15) is 0 Å². The maximum Gasteiger partial charge on any atom is 0.157 e. The van der Waals surface area contributed by atoms with Crippen LogP contribution in [-0.2, 0) is 6.42 Å². The zero-order valence-electron chi connectivity index (χ0n) is 10.7. The van der Waals surface area contributed by atoms with Crippen LogP contribution in [0.15, 0.2) is 52.9 Å². The average molecular weight is 253 g/mol. The fourth-order valence-electron chi connectivity index (χ4n) is 2.17. The molecule has 0 aliphatic rings. The van der Waals surface area contributed by atoms with E-state index in [9.17, 15) is 0 Å². The summed E-state index contributed by atoms with van der Waals surface area (Å²) in [6.45, 7) is 0. The quantitative estimate of drug-likeness (QED) is 0.725. The molecule has 3 rings (SSSR count). The lowest BCUT2D eigenvalue weighted by atomic mass is 10.1. The van der Waals surface area contributed by atoms with Crippen molar-refractivity contribution in [1.82, 2.24) is 0 Å². The van der Waals surface area contributed by atoms with E-state index in [2.05, 4.69) is 0 Å². The number of benzene rings is 2. The monoisotopic (exact) mass is 253 g/mol. The van der Waals surface area contributed by atoms with Crippen LogP contribution in [0.5, 0.6) is 5.75 Å². The summed E-state index contributed by atoms with van der Waals surface area (Å²) in [4.78, 5) is 0. The van der Waals surface area contributed by atoms with Crippen LogP contribution in [0.4, 0.5) is 5.69 Å². The molecule has 3 aromatic rings. The summed E-state index contributed by atoms with van der Waals surface area (Å²) in [7, 11) is 1.66. The maximum absolute atomic E-state index is 5.89. The minimum atomic E-state index is 0.679. The van der Waals surface area contributed by atoms with Crippen molar-refractivity contribution in [3.05, 3.63) is 59.9 Å². The summed E-state index contributed by atoms with van der Waals surface area (Å²) in [6.07, 6.45) is 0.748. The predicted molar refractivity (Wildman–Crippen MR) is 76.4 cm³/mol. The summed E-state index contributed by atoms with van der Waals surface area (Å²) in [5.74, 6) is 1.77. The highest BCUT2D eigenvalue weighted by atomic mass is 16.5. The molecule has 0 amide bonds. The largest absolute Gasteiger partial charge is 0.497 e. The molecule has 96 valence electrons. The van der Waals surface area contributed by atoms with Gasteiger partial charge in [-0.1, -0.05) is 24.3 Å². The summed E-state index contributed by atoms with van der Waals surface area (Å²) in [6, 6.07) is 15.8. The summed E-state index contributed by atoms with van der Waals surface area (Å²) in [5, 5.41) is 1.04. The molecule has 0 atom stereocenters. The van der Waals surface area contributed by atoms with E-state index < -0.39 is 0 Å². The van der Waals surface area contributed by atoms with Gasteiger partial charge >= 0.3 is 0 Å². The Morgan fingerprint density at radius 3 is 2.58 bits per heavy atom. The summed E-state index contributed by atoms with van der Waals surface area (Å²) in [5.41, 5.74) is 8.52. The van der Waals surface area contributed by atoms with Gasteiger partial charge in [0.2, 0.25) is 0 Å². The van der Waals surface area contributed by atoms with Crippen LogP contribution in [0.2, 0.25) is 0 Å². The second-order valence-corrected chi connectivity index (χ2v) is 4.50. The number of ether oxygens (including phenoxy) is 1. The first-order valence-electron chi connectivity index (χ1n) is 6.16. The Labute approximate surface area is 111 Å². The van der Waals surface area contributed by atoms with Crippen LogP contribution in [0.1, 0.15) is 11.3 Å². The Hall–Kier alpha value is -2.42. The van der Waals surface area contributed by atoms with E-state index in [4.69, 9.17) is 14.9 Å². The first kappa shape index (κ1) is 11.7. The highest BCUT2D eigenvalue weighted by Gasteiger charge is 2.07. The molecule has 0 saturated carbocycles. The molecule has 2 aromatic carbocycles. The third-order valence-electron chi connectivity index (χ3n) is 3.16. The third kappa shape index (κ3) is 2.27. The van der Waals surface area contributed by atoms with Crippen molar-refractivity contribution >= 4 is 16.7 Å². The molecule has 0 spiro atoms. The van der Waals surface area contributed by atoms with Gasteiger partial charge in [0.25, 0.3) is 0 Å². The molecular formula is C16H15NO2. The molecule has 1 aromatic heterocycles. The number of anilines is 1. The lowest BCUT2D eigenvalue weighted by Crippen LogP contribution is -1.87. The van der Waals surface area contributed by atoms with Gasteiger partial charge in [0.1, 0.15) is 11.5 Å². The number of nitrogen functional groups attached to an aromatic ring is 1. The number of furan rings is 1. The number of nitrogens with two attached hydrogens (primary N) is 1. The van der Waals surface area contributed by atoms with E-state index in [1.807, 2.05) is 48.5 Å². The molecule has 19 heavy (non-hydrogen) atoms. The predicted octanol–water partition coefficient (Wildman–Crippen LogP) is 3.61. The zero-order valence-corrected chi connectivity index (χ0v) is 10.7. The van der Waals surface area contributed by atoms with Crippen molar-refractivity contribution in [2.24, 2.45) is 0 Å². The molecule has 0 saturated heterocycles. The van der Waals surface area contributed by atoms with Crippen LogP contribution in [-0.4, -0.2) is 7.11 Å². The van der Waals surface area contributed by atoms with E-state index >= 15 is 0 Å². The molecular weight excluding hydrogens is 238 g/mol. The van der Waals surface area contributed by atoms with Gasteiger partial charge in [0.05, 0.1) is 12.8 Å². The van der Waals surface area contributed by atoms with Crippen molar-refractivity contribution in [2.75, 3.05) is 12.8 Å². The Morgan fingerprint density at radius 2 is 1.89 bits per heavy atom. The van der Waals surface area contributed by atoms with E-state index in [0.717, 1.165) is 28.9 Å². The Bertz CT molecular complexity index is 698. The molecule has 0 radical (unpaired) electrons. The lowest BCUT2D eigenvalue weighted by molar-refractivity contribution is 0.414. The van der Waals surface area contributed by atoms with Crippen LogP contribution < -0.4 is 10.5 Å². The highest BCUT2D eigenvalue weighted by Crippen LogP contribution is 2.26. The van der Waals surface area contributed by atoms with Gasteiger partial charge in [-0.3, -0.25) is 0 Å². The molecule has 0 unspecified atom stereocenters. The standard InChI is InChI=1S/C16H15NO2/c1-18-13-7-5-11(6-8-13)9-14-10-12-3-2-4-15(17)16(12)19-14/h2-8,10H,9,17H2,1H3. The minimum absolute atomic E-state index is 0.679. The van der Waals surface area contributed by atoms with Gasteiger partial charge < -0.3 is 14.9 Å². The topological polar surface area (TPSA) is 48.4 Å². The molecule has 1 heterocycles. The van der Waals surface area contributed by atoms with Crippen molar-refractivity contribution in [1.29, 1.82) is 0 Å². The Kier molecular flexibility index (Phi) is 2.88. The Balaban J connectivity index is 1.90. The van der Waals surface area contributed by atoms with Gasteiger partial charge in [0.15, 0.2) is 5.58 Å². The molecule has 3 heteroatoms. The Morgan fingerprint density at radius 1 is 1.11 bits per heavy atom. The first-order chi connectivity index (χ1) is 9.26. The second-order valence-electron chi connectivity index (χ2n) is 4.50. The van der Waals surface area contributed by atoms with E-state index in [1.54, 1.807) is 7.11 Å². The van der Waals surface area contributed by atoms with Gasteiger partial charge in [-0.05, 0) is 29.8 Å². The number of methoxy groups -OCH3 is 1. The fraction of sp³-hybridized carbons (Fsp3) is 0.125. The molecule has 0 aliphatic heterocycles. The van der Waals surface area contributed by atoms with Crippen LogP contribution in [0.3, 0.4) is 0 Å². The minimum Gasteiger partial charge on any atom is -0.497 e. The van der Waals surface area contributed by atoms with E-state index in [1.165, 1.54) is 5.56 Å². The van der Waals surface area contributed by atoms with Crippen molar-refractivity contribution in [3.8, 4) is 5.75 Å². The van der Waals surface area contributed by atoms with Crippen molar-refractivity contribution in [2.45, 2.75) is 6.42 Å². The van der Waals surface area contributed by atoms with Crippen LogP contribution >= 0.6 is 0 Å². The molecule has 0 aliphatic carbocycles. The molecule has 0 bridgehead atoms. The summed E-state index contributed by atoms with van der Waals surface area (Å²) < 4.78 is 10.9. The van der Waals surface area contributed by atoms with Gasteiger partial charge in [-0.15, -0.1) is 0 Å². The number of hydrogen-bond acceptors (Lipinski definition) is 3. The normalized spacial score (nSPS) is 10.8. The first-order valence-corrected chi connectivity index (χ1v) is 6.16. The second kappa shape index (κ2) is 4.69. The number of fused-ring (bicyclic) bond motifs is 1. The average Bonchev–Trinajstić information content (AvgIpc) is 2.84. The van der Waals surface area contributed by atoms with Crippen molar-refractivity contribution in [3.63, 3.8) is 0 Å².